The third-order valence-corrected chi connectivity index (χ3v) is 5.95. The van der Waals surface area contributed by atoms with Crippen molar-refractivity contribution < 1.29 is 14.3 Å². The van der Waals surface area contributed by atoms with Crippen molar-refractivity contribution in [2.24, 2.45) is 0 Å². The number of carbonyl (C=O) groups excluding carboxylic acids is 1. The molecule has 0 saturated carbocycles. The lowest BCUT2D eigenvalue weighted by atomic mass is 10.2. The molecule has 3 rings (SSSR count). The summed E-state index contributed by atoms with van der Waals surface area (Å²) in [5.41, 5.74) is 2.08. The summed E-state index contributed by atoms with van der Waals surface area (Å²) in [4.78, 5) is 22.1. The number of benzene rings is 1. The number of ether oxygens (including phenoxy) is 2. The van der Waals surface area contributed by atoms with Gasteiger partial charge >= 0.3 is 5.97 Å². The number of aromatic nitrogens is 1. The van der Waals surface area contributed by atoms with Gasteiger partial charge in [0.1, 0.15) is 10.6 Å². The summed E-state index contributed by atoms with van der Waals surface area (Å²) < 4.78 is 10.2. The highest BCUT2D eigenvalue weighted by atomic mass is 32.1. The van der Waals surface area contributed by atoms with Gasteiger partial charge < -0.3 is 19.3 Å². The Kier molecular flexibility index (Phi) is 6.55. The number of esters is 1. The lowest BCUT2D eigenvalue weighted by Gasteiger charge is -2.36. The maximum Gasteiger partial charge on any atom is 0.350 e. The van der Waals surface area contributed by atoms with Gasteiger partial charge in [-0.15, -0.1) is 0 Å². The average Bonchev–Trinajstić information content (AvgIpc) is 3.16. The molecule has 2 heterocycles. The largest absolute Gasteiger partial charge is 0.497 e. The minimum atomic E-state index is -0.276. The number of anilines is 2. The SMILES string of the molecule is CCCCc1nc(N2CCN(c3ccc(OC)cc3)CC2)sc1C(=O)OC. The van der Waals surface area contributed by atoms with Crippen LogP contribution in [0.1, 0.15) is 35.1 Å². The van der Waals surface area contributed by atoms with Crippen LogP contribution < -0.4 is 14.5 Å². The van der Waals surface area contributed by atoms with Gasteiger partial charge in [-0.2, -0.15) is 0 Å². The number of nitrogens with zero attached hydrogens (tertiary/aromatic N) is 3. The molecule has 0 aliphatic carbocycles. The quantitative estimate of drug-likeness (QED) is 0.675. The van der Waals surface area contributed by atoms with Gasteiger partial charge in [0, 0.05) is 31.9 Å². The molecule has 2 aromatic rings. The van der Waals surface area contributed by atoms with E-state index < -0.39 is 0 Å². The molecule has 1 aromatic heterocycles. The van der Waals surface area contributed by atoms with E-state index in [-0.39, 0.29) is 5.97 Å². The Hall–Kier alpha value is -2.28. The summed E-state index contributed by atoms with van der Waals surface area (Å²) in [6, 6.07) is 8.17. The van der Waals surface area contributed by atoms with Crippen molar-refractivity contribution in [2.75, 3.05) is 50.2 Å². The van der Waals surface area contributed by atoms with Gasteiger partial charge in [-0.25, -0.2) is 9.78 Å². The first-order chi connectivity index (χ1) is 13.2. The number of piperazine rings is 1. The van der Waals surface area contributed by atoms with Crippen LogP contribution in [0.3, 0.4) is 0 Å². The highest BCUT2D eigenvalue weighted by Crippen LogP contribution is 2.30. The van der Waals surface area contributed by atoms with Gasteiger partial charge in [-0.3, -0.25) is 0 Å². The number of unbranched alkanes of at least 4 members (excludes halogenated alkanes) is 1. The maximum absolute atomic E-state index is 12.1. The zero-order chi connectivity index (χ0) is 19.2. The number of rotatable bonds is 7. The van der Waals surface area contributed by atoms with Gasteiger partial charge in [-0.05, 0) is 37.1 Å². The van der Waals surface area contributed by atoms with E-state index >= 15 is 0 Å². The molecular formula is C20H27N3O3S. The smallest absolute Gasteiger partial charge is 0.350 e. The van der Waals surface area contributed by atoms with Gasteiger partial charge in [0.25, 0.3) is 0 Å². The van der Waals surface area contributed by atoms with Crippen molar-refractivity contribution in [2.45, 2.75) is 26.2 Å². The fourth-order valence-electron chi connectivity index (χ4n) is 3.19. The van der Waals surface area contributed by atoms with Crippen molar-refractivity contribution in [3.63, 3.8) is 0 Å². The van der Waals surface area contributed by atoms with E-state index in [1.165, 1.54) is 24.1 Å². The zero-order valence-corrected chi connectivity index (χ0v) is 17.1. The molecule has 0 bridgehead atoms. The Morgan fingerprint density at radius 2 is 1.78 bits per heavy atom. The van der Waals surface area contributed by atoms with E-state index in [1.54, 1.807) is 7.11 Å². The van der Waals surface area contributed by atoms with Gasteiger partial charge in [-0.1, -0.05) is 24.7 Å². The molecule has 1 fully saturated rings. The number of hydrogen-bond acceptors (Lipinski definition) is 7. The molecular weight excluding hydrogens is 362 g/mol. The maximum atomic E-state index is 12.1. The molecule has 0 spiro atoms. The predicted octanol–water partition coefficient (Wildman–Crippen LogP) is 3.61. The molecule has 27 heavy (non-hydrogen) atoms. The summed E-state index contributed by atoms with van der Waals surface area (Å²) in [6.07, 6.45) is 2.93. The number of carbonyl (C=O) groups is 1. The highest BCUT2D eigenvalue weighted by Gasteiger charge is 2.24. The molecule has 0 radical (unpaired) electrons. The summed E-state index contributed by atoms with van der Waals surface area (Å²) in [7, 11) is 3.11. The van der Waals surface area contributed by atoms with Crippen LogP contribution in [-0.4, -0.2) is 51.4 Å². The normalized spacial score (nSPS) is 14.3. The van der Waals surface area contributed by atoms with Gasteiger partial charge in [0.2, 0.25) is 0 Å². The van der Waals surface area contributed by atoms with Crippen LogP contribution in [0.15, 0.2) is 24.3 Å². The third kappa shape index (κ3) is 4.53. The molecule has 7 heteroatoms. The van der Waals surface area contributed by atoms with Gasteiger partial charge in [0.05, 0.1) is 19.9 Å². The van der Waals surface area contributed by atoms with Crippen LogP contribution in [0.4, 0.5) is 10.8 Å². The fraction of sp³-hybridized carbons (Fsp3) is 0.500. The lowest BCUT2D eigenvalue weighted by molar-refractivity contribution is 0.0604. The molecule has 6 nitrogen and oxygen atoms in total. The molecule has 1 aliphatic heterocycles. The summed E-state index contributed by atoms with van der Waals surface area (Å²) in [5.74, 6) is 0.594. The minimum absolute atomic E-state index is 0.276. The molecule has 0 N–H and O–H groups in total. The van der Waals surface area contributed by atoms with Crippen molar-refractivity contribution in [3.05, 3.63) is 34.8 Å². The molecule has 1 aliphatic rings. The highest BCUT2D eigenvalue weighted by molar-refractivity contribution is 7.17. The van der Waals surface area contributed by atoms with Gasteiger partial charge in [0.15, 0.2) is 5.13 Å². The lowest BCUT2D eigenvalue weighted by Crippen LogP contribution is -2.46. The van der Waals surface area contributed by atoms with Crippen LogP contribution in [-0.2, 0) is 11.2 Å². The van der Waals surface area contributed by atoms with E-state index in [4.69, 9.17) is 14.5 Å². The van der Waals surface area contributed by atoms with Crippen LogP contribution in [0.25, 0.3) is 0 Å². The first kappa shape index (κ1) is 19.5. The molecule has 1 saturated heterocycles. The Morgan fingerprint density at radius 1 is 1.11 bits per heavy atom. The second kappa shape index (κ2) is 9.08. The van der Waals surface area contributed by atoms with E-state index in [0.717, 1.165) is 62.0 Å². The molecule has 146 valence electrons. The van der Waals surface area contributed by atoms with E-state index in [1.807, 2.05) is 12.1 Å². The Labute approximate surface area is 164 Å². The second-order valence-corrected chi connectivity index (χ2v) is 7.52. The predicted molar refractivity (Wildman–Crippen MR) is 109 cm³/mol. The van der Waals surface area contributed by atoms with Crippen LogP contribution in [0, 0.1) is 0 Å². The van der Waals surface area contributed by atoms with Crippen LogP contribution in [0.5, 0.6) is 5.75 Å². The standard InChI is InChI=1S/C20H27N3O3S/c1-4-5-6-17-18(19(24)26-3)27-20(21-17)23-13-11-22(12-14-23)15-7-9-16(25-2)10-8-15/h7-10H,4-6,11-14H2,1-3H3. The summed E-state index contributed by atoms with van der Waals surface area (Å²) in [5, 5.41) is 0.927. The zero-order valence-electron chi connectivity index (χ0n) is 16.2. The molecule has 0 unspecified atom stereocenters. The van der Waals surface area contributed by atoms with Crippen molar-refractivity contribution in [1.82, 2.24) is 4.98 Å². The molecule has 0 amide bonds. The minimum Gasteiger partial charge on any atom is -0.497 e. The van der Waals surface area contributed by atoms with Crippen LogP contribution in [0.2, 0.25) is 0 Å². The van der Waals surface area contributed by atoms with E-state index in [0.29, 0.717) is 4.88 Å². The molecule has 1 aromatic carbocycles. The third-order valence-electron chi connectivity index (χ3n) is 4.81. The Morgan fingerprint density at radius 3 is 2.37 bits per heavy atom. The summed E-state index contributed by atoms with van der Waals surface area (Å²) >= 11 is 1.46. The van der Waals surface area contributed by atoms with Crippen molar-refractivity contribution in [3.8, 4) is 5.75 Å². The van der Waals surface area contributed by atoms with Crippen molar-refractivity contribution in [1.29, 1.82) is 0 Å². The first-order valence-electron chi connectivity index (χ1n) is 9.38. The Balaban J connectivity index is 1.67. The molecule has 0 atom stereocenters. The second-order valence-electron chi connectivity index (χ2n) is 6.54. The first-order valence-corrected chi connectivity index (χ1v) is 10.2. The summed E-state index contributed by atoms with van der Waals surface area (Å²) in [6.45, 7) is 5.75. The monoisotopic (exact) mass is 389 g/mol. The fourth-order valence-corrected chi connectivity index (χ4v) is 4.27. The van der Waals surface area contributed by atoms with E-state index in [2.05, 4.69) is 28.9 Å². The number of hydrogen-bond donors (Lipinski definition) is 0. The Bertz CT molecular complexity index is 752. The number of methoxy groups -OCH3 is 2. The van der Waals surface area contributed by atoms with Crippen LogP contribution >= 0.6 is 11.3 Å². The van der Waals surface area contributed by atoms with E-state index in [9.17, 15) is 4.79 Å². The number of aryl methyl sites for hydroxylation is 1. The topological polar surface area (TPSA) is 54.9 Å². The average molecular weight is 390 g/mol. The number of thiazole rings is 1. The van der Waals surface area contributed by atoms with Crippen molar-refractivity contribution >= 4 is 28.1 Å².